The number of rotatable bonds is 3. The molecule has 2 heteroatoms. The predicted octanol–water partition coefficient (Wildman–Crippen LogP) is 2.18. The minimum absolute atomic E-state index is 0.134. The van der Waals surface area contributed by atoms with E-state index in [1.165, 1.54) is 0 Å². The summed E-state index contributed by atoms with van der Waals surface area (Å²) in [7, 11) is 0. The quantitative estimate of drug-likeness (QED) is 0.474. The molecule has 0 aliphatic carbocycles. The zero-order chi connectivity index (χ0) is 8.16. The maximum atomic E-state index is 10.7. The van der Waals surface area contributed by atoms with Crippen LogP contribution in [0, 0.1) is 0 Å². The summed E-state index contributed by atoms with van der Waals surface area (Å²) in [5.41, 5.74) is 2.71. The Bertz CT molecular complexity index is 186. The first-order valence-electron chi connectivity index (χ1n) is 3.77. The number of allylic oxidation sites excluding steroid dienone is 1. The van der Waals surface area contributed by atoms with Gasteiger partial charge in [-0.25, -0.2) is 0 Å². The van der Waals surface area contributed by atoms with E-state index in [4.69, 9.17) is 0 Å². The average molecular weight is 168 g/mol. The van der Waals surface area contributed by atoms with E-state index in [2.05, 4.69) is 12.3 Å². The van der Waals surface area contributed by atoms with Crippen LogP contribution in [-0.2, 0) is 4.79 Å². The van der Waals surface area contributed by atoms with Crippen molar-refractivity contribution in [2.24, 2.45) is 0 Å². The van der Waals surface area contributed by atoms with E-state index < -0.39 is 0 Å². The first-order chi connectivity index (χ1) is 5.33. The molecular formula is C9H12OS. The fraction of sp³-hybridized carbons (Fsp3) is 0.556. The van der Waals surface area contributed by atoms with E-state index in [-0.39, 0.29) is 4.75 Å². The Hall–Kier alpha value is -0.460. The van der Waals surface area contributed by atoms with E-state index in [0.717, 1.165) is 31.3 Å². The highest BCUT2D eigenvalue weighted by Gasteiger charge is 2.32. The third-order valence-corrected chi connectivity index (χ3v) is 3.48. The van der Waals surface area contributed by atoms with Gasteiger partial charge >= 0.3 is 0 Å². The largest absolute Gasteiger partial charge is 0.302 e. The van der Waals surface area contributed by atoms with Crippen molar-refractivity contribution in [2.75, 3.05) is 5.75 Å². The van der Waals surface area contributed by atoms with Gasteiger partial charge in [-0.15, -0.1) is 17.5 Å². The van der Waals surface area contributed by atoms with Gasteiger partial charge in [0.05, 0.1) is 4.75 Å². The standard InChI is InChI=1S/C9H12OS/c1-2-3-5-9(8-10)6-4-7-11-9/h3,8H,1,4-7H2. The SMILES string of the molecule is C=C=CCC1(C=O)CCCS1. The Morgan fingerprint density at radius 2 is 2.55 bits per heavy atom. The molecule has 1 aliphatic rings. The Labute approximate surface area is 71.6 Å². The van der Waals surface area contributed by atoms with E-state index in [0.29, 0.717) is 0 Å². The third-order valence-electron chi connectivity index (χ3n) is 1.94. The van der Waals surface area contributed by atoms with Crippen LogP contribution in [0.5, 0.6) is 0 Å². The van der Waals surface area contributed by atoms with Crippen molar-refractivity contribution in [3.63, 3.8) is 0 Å². The number of hydrogen-bond acceptors (Lipinski definition) is 2. The van der Waals surface area contributed by atoms with Crippen molar-refractivity contribution in [2.45, 2.75) is 24.0 Å². The van der Waals surface area contributed by atoms with Gasteiger partial charge in [-0.3, -0.25) is 0 Å². The Morgan fingerprint density at radius 3 is 3.00 bits per heavy atom. The second-order valence-corrected chi connectivity index (χ2v) is 4.26. The predicted molar refractivity (Wildman–Crippen MR) is 48.8 cm³/mol. The first kappa shape index (κ1) is 8.63. The lowest BCUT2D eigenvalue weighted by atomic mass is 10.0. The normalized spacial score (nSPS) is 29.5. The van der Waals surface area contributed by atoms with Crippen molar-refractivity contribution in [1.29, 1.82) is 0 Å². The monoisotopic (exact) mass is 168 g/mol. The molecule has 60 valence electrons. The van der Waals surface area contributed by atoms with Gasteiger partial charge in [0.2, 0.25) is 0 Å². The second kappa shape index (κ2) is 3.80. The molecule has 0 radical (unpaired) electrons. The summed E-state index contributed by atoms with van der Waals surface area (Å²) in [5.74, 6) is 1.11. The van der Waals surface area contributed by atoms with Crippen LogP contribution in [0.4, 0.5) is 0 Å². The van der Waals surface area contributed by atoms with Gasteiger partial charge in [-0.05, 0) is 31.1 Å². The molecule has 0 aromatic rings. The Kier molecular flexibility index (Phi) is 2.98. The summed E-state index contributed by atoms with van der Waals surface area (Å²) in [6.45, 7) is 3.48. The number of thioether (sulfide) groups is 1. The molecule has 0 amide bonds. The minimum atomic E-state index is -0.134. The van der Waals surface area contributed by atoms with Crippen LogP contribution in [0.1, 0.15) is 19.3 Å². The lowest BCUT2D eigenvalue weighted by molar-refractivity contribution is -0.109. The van der Waals surface area contributed by atoms with Crippen molar-refractivity contribution in [3.05, 3.63) is 18.4 Å². The second-order valence-electron chi connectivity index (χ2n) is 2.75. The first-order valence-corrected chi connectivity index (χ1v) is 4.76. The smallest absolute Gasteiger partial charge is 0.136 e. The summed E-state index contributed by atoms with van der Waals surface area (Å²) < 4.78 is -0.134. The maximum Gasteiger partial charge on any atom is 0.136 e. The number of hydrogen-bond donors (Lipinski definition) is 0. The molecule has 1 rings (SSSR count). The number of aldehydes is 1. The van der Waals surface area contributed by atoms with Crippen molar-refractivity contribution >= 4 is 18.0 Å². The summed E-state index contributed by atoms with van der Waals surface area (Å²) >= 11 is 1.76. The third kappa shape index (κ3) is 1.98. The minimum Gasteiger partial charge on any atom is -0.302 e. The van der Waals surface area contributed by atoms with Gasteiger partial charge in [0.1, 0.15) is 6.29 Å². The van der Waals surface area contributed by atoms with Crippen LogP contribution < -0.4 is 0 Å². The topological polar surface area (TPSA) is 17.1 Å². The molecule has 0 N–H and O–H groups in total. The zero-order valence-electron chi connectivity index (χ0n) is 6.51. The molecule has 0 bridgehead atoms. The Balaban J connectivity index is 2.58. The van der Waals surface area contributed by atoms with Crippen LogP contribution in [0.15, 0.2) is 18.4 Å². The van der Waals surface area contributed by atoms with E-state index in [1.807, 2.05) is 6.08 Å². The molecule has 1 fully saturated rings. The van der Waals surface area contributed by atoms with Gasteiger partial charge in [-0.1, -0.05) is 6.58 Å². The number of carbonyl (C=O) groups excluding carboxylic acids is 1. The van der Waals surface area contributed by atoms with Gasteiger partial charge in [-0.2, -0.15) is 0 Å². The van der Waals surface area contributed by atoms with Gasteiger partial charge in [0.25, 0.3) is 0 Å². The molecule has 1 atom stereocenters. The van der Waals surface area contributed by atoms with Crippen molar-refractivity contribution < 1.29 is 4.79 Å². The van der Waals surface area contributed by atoms with Crippen molar-refractivity contribution in [3.8, 4) is 0 Å². The van der Waals surface area contributed by atoms with Crippen LogP contribution in [0.2, 0.25) is 0 Å². The molecule has 1 heterocycles. The molecule has 1 saturated heterocycles. The van der Waals surface area contributed by atoms with Crippen LogP contribution in [0.3, 0.4) is 0 Å². The lowest BCUT2D eigenvalue weighted by Crippen LogP contribution is -2.21. The van der Waals surface area contributed by atoms with Gasteiger partial charge in [0.15, 0.2) is 0 Å². The summed E-state index contributed by atoms with van der Waals surface area (Å²) in [5, 5.41) is 0. The fourth-order valence-electron chi connectivity index (χ4n) is 1.27. The van der Waals surface area contributed by atoms with Crippen molar-refractivity contribution in [1.82, 2.24) is 0 Å². The van der Waals surface area contributed by atoms with Crippen LogP contribution in [0.25, 0.3) is 0 Å². The molecule has 0 spiro atoms. The molecule has 11 heavy (non-hydrogen) atoms. The summed E-state index contributed by atoms with van der Waals surface area (Å²) in [6, 6.07) is 0. The average Bonchev–Trinajstić information content (AvgIpc) is 2.50. The van der Waals surface area contributed by atoms with E-state index in [9.17, 15) is 4.79 Å². The molecular weight excluding hydrogens is 156 g/mol. The highest BCUT2D eigenvalue weighted by Crippen LogP contribution is 2.39. The van der Waals surface area contributed by atoms with Gasteiger partial charge < -0.3 is 4.79 Å². The lowest BCUT2D eigenvalue weighted by Gasteiger charge is -2.17. The maximum absolute atomic E-state index is 10.7. The molecule has 0 aromatic heterocycles. The summed E-state index contributed by atoms with van der Waals surface area (Å²) in [4.78, 5) is 10.7. The molecule has 0 saturated carbocycles. The van der Waals surface area contributed by atoms with Gasteiger partial charge in [0, 0.05) is 0 Å². The van der Waals surface area contributed by atoms with Crippen LogP contribution in [-0.4, -0.2) is 16.8 Å². The highest BCUT2D eigenvalue weighted by molar-refractivity contribution is 8.01. The summed E-state index contributed by atoms with van der Waals surface area (Å²) in [6.07, 6.45) is 5.91. The molecule has 1 aliphatic heterocycles. The van der Waals surface area contributed by atoms with E-state index in [1.54, 1.807) is 11.8 Å². The van der Waals surface area contributed by atoms with Crippen LogP contribution >= 0.6 is 11.8 Å². The molecule has 1 unspecified atom stereocenters. The highest BCUT2D eigenvalue weighted by atomic mass is 32.2. The molecule has 1 nitrogen and oxygen atoms in total. The zero-order valence-corrected chi connectivity index (χ0v) is 7.32. The fourth-order valence-corrected chi connectivity index (χ4v) is 2.52. The Morgan fingerprint density at radius 1 is 1.73 bits per heavy atom. The number of carbonyl (C=O) groups is 1. The molecule has 0 aromatic carbocycles. The van der Waals surface area contributed by atoms with E-state index >= 15 is 0 Å².